The Labute approximate surface area is 96.3 Å². The van der Waals surface area contributed by atoms with Crippen LogP contribution in [-0.4, -0.2) is 27.8 Å². The molecule has 1 aliphatic rings. The van der Waals surface area contributed by atoms with E-state index in [1.165, 1.54) is 4.31 Å². The minimum atomic E-state index is -3.05. The van der Waals surface area contributed by atoms with Crippen molar-refractivity contribution in [1.82, 2.24) is 5.32 Å². The largest absolute Gasteiger partial charge is 0.316 e. The highest BCUT2D eigenvalue weighted by Gasteiger charge is 2.28. The van der Waals surface area contributed by atoms with E-state index < -0.39 is 10.0 Å². The van der Waals surface area contributed by atoms with Crippen LogP contribution in [0.2, 0.25) is 0 Å². The van der Waals surface area contributed by atoms with Crippen molar-refractivity contribution in [2.45, 2.75) is 13.0 Å². The third-order valence-electron chi connectivity index (χ3n) is 2.70. The molecule has 5 heteroatoms. The number of sulfonamides is 1. The van der Waals surface area contributed by atoms with E-state index in [0.29, 0.717) is 6.54 Å². The first-order valence-corrected chi connectivity index (χ1v) is 6.98. The second-order valence-electron chi connectivity index (χ2n) is 3.94. The van der Waals surface area contributed by atoms with Crippen LogP contribution in [0.4, 0.5) is 5.69 Å². The van der Waals surface area contributed by atoms with Crippen LogP contribution in [0, 0.1) is 0 Å². The van der Waals surface area contributed by atoms with Crippen molar-refractivity contribution in [2.24, 2.45) is 0 Å². The lowest BCUT2D eigenvalue weighted by Crippen LogP contribution is -2.24. The Morgan fingerprint density at radius 3 is 2.50 bits per heavy atom. The van der Waals surface area contributed by atoms with Crippen molar-refractivity contribution in [3.05, 3.63) is 29.8 Å². The van der Waals surface area contributed by atoms with E-state index >= 15 is 0 Å². The number of anilines is 1. The van der Waals surface area contributed by atoms with Crippen LogP contribution in [0.3, 0.4) is 0 Å². The van der Waals surface area contributed by atoms with Gasteiger partial charge in [0.05, 0.1) is 11.4 Å². The summed E-state index contributed by atoms with van der Waals surface area (Å²) < 4.78 is 24.9. The third-order valence-corrected chi connectivity index (χ3v) is 4.57. The quantitative estimate of drug-likeness (QED) is 0.855. The number of benzene rings is 1. The molecular weight excluding hydrogens is 224 g/mol. The van der Waals surface area contributed by atoms with Crippen LogP contribution in [-0.2, 0) is 16.6 Å². The van der Waals surface area contributed by atoms with Crippen LogP contribution < -0.4 is 9.62 Å². The Morgan fingerprint density at radius 1 is 1.31 bits per heavy atom. The van der Waals surface area contributed by atoms with Crippen molar-refractivity contribution >= 4 is 15.7 Å². The van der Waals surface area contributed by atoms with E-state index in [-0.39, 0.29) is 5.75 Å². The molecule has 2 rings (SSSR count). The van der Waals surface area contributed by atoms with Crippen LogP contribution in [0.5, 0.6) is 0 Å². The van der Waals surface area contributed by atoms with Gasteiger partial charge in [-0.25, -0.2) is 8.42 Å². The molecule has 1 heterocycles. The zero-order valence-electron chi connectivity index (χ0n) is 9.31. The predicted octanol–water partition coefficient (Wildman–Crippen LogP) is 0.946. The molecule has 0 atom stereocenters. The Hall–Kier alpha value is -1.07. The van der Waals surface area contributed by atoms with Gasteiger partial charge in [0.1, 0.15) is 0 Å². The third kappa shape index (κ3) is 2.20. The van der Waals surface area contributed by atoms with Crippen LogP contribution in [0.15, 0.2) is 24.3 Å². The summed E-state index contributed by atoms with van der Waals surface area (Å²) in [5, 5.41) is 3.06. The van der Waals surface area contributed by atoms with Gasteiger partial charge < -0.3 is 5.32 Å². The second-order valence-corrected chi connectivity index (χ2v) is 5.95. The van der Waals surface area contributed by atoms with Crippen molar-refractivity contribution < 1.29 is 8.42 Å². The van der Waals surface area contributed by atoms with Gasteiger partial charge in [-0.15, -0.1) is 0 Å². The molecule has 0 unspecified atom stereocenters. The molecule has 0 bridgehead atoms. The average molecular weight is 240 g/mol. The molecule has 1 saturated heterocycles. The molecule has 0 saturated carbocycles. The maximum atomic E-state index is 11.7. The maximum absolute atomic E-state index is 11.7. The topological polar surface area (TPSA) is 49.4 Å². The molecule has 88 valence electrons. The lowest BCUT2D eigenvalue weighted by atomic mass is 10.2. The van der Waals surface area contributed by atoms with Gasteiger partial charge in [0.2, 0.25) is 10.0 Å². The zero-order chi connectivity index (χ0) is 11.6. The first kappa shape index (κ1) is 11.4. The highest BCUT2D eigenvalue weighted by atomic mass is 32.2. The molecule has 16 heavy (non-hydrogen) atoms. The summed E-state index contributed by atoms with van der Waals surface area (Å²) in [5.41, 5.74) is 1.93. The Kier molecular flexibility index (Phi) is 3.16. The number of hydrogen-bond acceptors (Lipinski definition) is 3. The number of nitrogens with one attached hydrogen (secondary N) is 1. The molecule has 4 nitrogen and oxygen atoms in total. The van der Waals surface area contributed by atoms with Gasteiger partial charge in [0.25, 0.3) is 0 Å². The standard InChI is InChI=1S/C11H16N2O2S/c1-12-9-10-3-5-11(6-4-10)13-7-2-8-16(13,14)15/h3-6,12H,2,7-9H2,1H3. The number of nitrogens with zero attached hydrogens (tertiary/aromatic N) is 1. The highest BCUT2D eigenvalue weighted by Crippen LogP contribution is 2.23. The predicted molar refractivity (Wildman–Crippen MR) is 65.0 cm³/mol. The monoisotopic (exact) mass is 240 g/mol. The van der Waals surface area contributed by atoms with E-state index in [2.05, 4.69) is 5.32 Å². The summed E-state index contributed by atoms with van der Waals surface area (Å²) in [6, 6.07) is 7.66. The normalized spacial score (nSPS) is 18.9. The second kappa shape index (κ2) is 4.43. The fraction of sp³-hybridized carbons (Fsp3) is 0.455. The van der Waals surface area contributed by atoms with E-state index in [1.807, 2.05) is 31.3 Å². The van der Waals surface area contributed by atoms with Crippen LogP contribution >= 0.6 is 0 Å². The van der Waals surface area contributed by atoms with E-state index in [9.17, 15) is 8.42 Å². The van der Waals surface area contributed by atoms with E-state index in [0.717, 1.165) is 24.2 Å². The molecule has 1 N–H and O–H groups in total. The Balaban J connectivity index is 2.22. The Morgan fingerprint density at radius 2 is 2.00 bits per heavy atom. The van der Waals surface area contributed by atoms with E-state index in [4.69, 9.17) is 0 Å². The molecule has 1 aromatic carbocycles. The fourth-order valence-corrected chi connectivity index (χ4v) is 3.48. The summed E-state index contributed by atoms with van der Waals surface area (Å²) in [7, 11) is -1.16. The van der Waals surface area contributed by atoms with Gasteiger partial charge in [-0.2, -0.15) is 0 Å². The lowest BCUT2D eigenvalue weighted by Gasteiger charge is -2.17. The lowest BCUT2D eigenvalue weighted by molar-refractivity contribution is 0.599. The summed E-state index contributed by atoms with van der Waals surface area (Å²) >= 11 is 0. The molecule has 0 spiro atoms. The van der Waals surface area contributed by atoms with Gasteiger partial charge in [0, 0.05) is 13.1 Å². The fourth-order valence-electron chi connectivity index (χ4n) is 1.91. The Bertz CT molecular complexity index is 453. The summed E-state index contributed by atoms with van der Waals surface area (Å²) in [4.78, 5) is 0. The highest BCUT2D eigenvalue weighted by molar-refractivity contribution is 7.93. The minimum Gasteiger partial charge on any atom is -0.316 e. The SMILES string of the molecule is CNCc1ccc(N2CCCS2(=O)=O)cc1. The minimum absolute atomic E-state index is 0.269. The number of hydrogen-bond donors (Lipinski definition) is 1. The van der Waals surface area contributed by atoms with Gasteiger partial charge in [0.15, 0.2) is 0 Å². The zero-order valence-corrected chi connectivity index (χ0v) is 10.1. The first-order valence-electron chi connectivity index (χ1n) is 5.37. The molecule has 1 fully saturated rings. The molecule has 0 amide bonds. The van der Waals surface area contributed by atoms with Crippen molar-refractivity contribution in [1.29, 1.82) is 0 Å². The maximum Gasteiger partial charge on any atom is 0.235 e. The molecule has 0 aromatic heterocycles. The van der Waals surface area contributed by atoms with Crippen LogP contribution in [0.1, 0.15) is 12.0 Å². The van der Waals surface area contributed by atoms with Gasteiger partial charge in [-0.05, 0) is 31.2 Å². The summed E-state index contributed by atoms with van der Waals surface area (Å²) in [6.45, 7) is 1.40. The average Bonchev–Trinajstić information content (AvgIpc) is 2.60. The molecule has 1 aromatic rings. The van der Waals surface area contributed by atoms with Gasteiger partial charge in [-0.1, -0.05) is 12.1 Å². The first-order chi connectivity index (χ1) is 7.63. The molecule has 0 radical (unpaired) electrons. The van der Waals surface area contributed by atoms with Crippen LogP contribution in [0.25, 0.3) is 0 Å². The van der Waals surface area contributed by atoms with E-state index in [1.54, 1.807) is 0 Å². The van der Waals surface area contributed by atoms with Gasteiger partial charge >= 0.3 is 0 Å². The van der Waals surface area contributed by atoms with Crippen molar-refractivity contribution in [3.8, 4) is 0 Å². The van der Waals surface area contributed by atoms with Crippen molar-refractivity contribution in [3.63, 3.8) is 0 Å². The van der Waals surface area contributed by atoms with Crippen molar-refractivity contribution in [2.75, 3.05) is 23.7 Å². The number of rotatable bonds is 3. The molecule has 1 aliphatic heterocycles. The molecule has 0 aliphatic carbocycles. The summed E-state index contributed by atoms with van der Waals surface area (Å²) in [6.07, 6.45) is 0.723. The van der Waals surface area contributed by atoms with Gasteiger partial charge in [-0.3, -0.25) is 4.31 Å². The summed E-state index contributed by atoms with van der Waals surface area (Å²) in [5.74, 6) is 0.269. The smallest absolute Gasteiger partial charge is 0.235 e. The molecular formula is C11H16N2O2S.